The van der Waals surface area contributed by atoms with E-state index in [9.17, 15) is 13.2 Å². The average Bonchev–Trinajstić information content (AvgIpc) is 2.76. The summed E-state index contributed by atoms with van der Waals surface area (Å²) in [6, 6.07) is 18.4. The van der Waals surface area contributed by atoms with Crippen molar-refractivity contribution in [2.45, 2.75) is 38.2 Å². The van der Waals surface area contributed by atoms with Crippen molar-refractivity contribution in [1.82, 2.24) is 0 Å². The fraction of sp³-hybridized carbons (Fsp3) is 0.208. The van der Waals surface area contributed by atoms with Crippen LogP contribution in [-0.2, 0) is 14.8 Å². The van der Waals surface area contributed by atoms with Gasteiger partial charge in [-0.1, -0.05) is 42.3 Å². The Bertz CT molecular complexity index is 1190. The first-order chi connectivity index (χ1) is 15.2. The Morgan fingerprint density at radius 2 is 1.66 bits per heavy atom. The van der Waals surface area contributed by atoms with Crippen LogP contribution in [0.5, 0.6) is 5.75 Å². The highest BCUT2D eigenvalue weighted by molar-refractivity contribution is 7.92. The molecular weight excluding hydrogens is 448 g/mol. The van der Waals surface area contributed by atoms with Gasteiger partial charge in [0.15, 0.2) is 6.10 Å². The van der Waals surface area contributed by atoms with Crippen LogP contribution >= 0.6 is 11.6 Å². The van der Waals surface area contributed by atoms with E-state index in [1.807, 2.05) is 38.1 Å². The molecule has 168 valence electrons. The van der Waals surface area contributed by atoms with E-state index in [4.69, 9.17) is 16.3 Å². The molecule has 0 spiro atoms. The van der Waals surface area contributed by atoms with E-state index in [-0.39, 0.29) is 10.8 Å². The van der Waals surface area contributed by atoms with Crippen LogP contribution in [0, 0.1) is 13.8 Å². The summed E-state index contributed by atoms with van der Waals surface area (Å²) in [6.07, 6.45) is -0.191. The third kappa shape index (κ3) is 6.02. The second-order valence-electron chi connectivity index (χ2n) is 7.41. The van der Waals surface area contributed by atoms with E-state index in [1.54, 1.807) is 25.1 Å². The number of sulfonamides is 1. The van der Waals surface area contributed by atoms with Crippen LogP contribution in [0.4, 0.5) is 11.4 Å². The van der Waals surface area contributed by atoms with Gasteiger partial charge in [0.1, 0.15) is 5.75 Å². The molecule has 0 aliphatic rings. The van der Waals surface area contributed by atoms with Crippen LogP contribution in [0.1, 0.15) is 24.5 Å². The van der Waals surface area contributed by atoms with Crippen LogP contribution in [0.2, 0.25) is 5.02 Å². The zero-order chi connectivity index (χ0) is 23.3. The second kappa shape index (κ2) is 10.1. The molecule has 3 aromatic carbocycles. The monoisotopic (exact) mass is 472 g/mol. The summed E-state index contributed by atoms with van der Waals surface area (Å²) >= 11 is 5.97. The molecule has 0 saturated heterocycles. The summed E-state index contributed by atoms with van der Waals surface area (Å²) in [5.41, 5.74) is 2.73. The highest BCUT2D eigenvalue weighted by Gasteiger charge is 2.20. The Morgan fingerprint density at radius 1 is 1.00 bits per heavy atom. The van der Waals surface area contributed by atoms with Crippen LogP contribution in [0.3, 0.4) is 0 Å². The lowest BCUT2D eigenvalue weighted by Crippen LogP contribution is -2.32. The summed E-state index contributed by atoms with van der Waals surface area (Å²) < 4.78 is 33.8. The molecule has 3 aromatic rings. The van der Waals surface area contributed by atoms with Gasteiger partial charge in [0.25, 0.3) is 15.9 Å². The number of nitrogens with one attached hydrogen (secondary N) is 2. The van der Waals surface area contributed by atoms with Crippen LogP contribution in [0.25, 0.3) is 0 Å². The van der Waals surface area contributed by atoms with Crippen LogP contribution in [-0.4, -0.2) is 20.4 Å². The Kier molecular flexibility index (Phi) is 7.43. The Hall–Kier alpha value is -3.03. The number of carbonyl (C=O) groups excluding carboxylic acids is 1. The van der Waals surface area contributed by atoms with E-state index in [2.05, 4.69) is 10.0 Å². The third-order valence-electron chi connectivity index (χ3n) is 4.84. The minimum Gasteiger partial charge on any atom is -0.481 e. The fourth-order valence-corrected chi connectivity index (χ4v) is 4.25. The van der Waals surface area contributed by atoms with Gasteiger partial charge in [0, 0.05) is 10.7 Å². The molecule has 0 aliphatic carbocycles. The smallest absolute Gasteiger partial charge is 0.265 e. The molecule has 0 aliphatic heterocycles. The van der Waals surface area contributed by atoms with E-state index in [1.165, 1.54) is 24.3 Å². The lowest BCUT2D eigenvalue weighted by atomic mass is 10.2. The average molecular weight is 473 g/mol. The first-order valence-corrected chi connectivity index (χ1v) is 12.0. The molecule has 32 heavy (non-hydrogen) atoms. The quantitative estimate of drug-likeness (QED) is 0.450. The van der Waals surface area contributed by atoms with Gasteiger partial charge in [-0.25, -0.2) is 8.42 Å². The minimum absolute atomic E-state index is 0.0674. The van der Waals surface area contributed by atoms with E-state index >= 15 is 0 Å². The van der Waals surface area contributed by atoms with E-state index < -0.39 is 16.1 Å². The Balaban J connectivity index is 1.68. The Morgan fingerprint density at radius 3 is 2.28 bits per heavy atom. The van der Waals surface area contributed by atoms with Gasteiger partial charge in [-0.15, -0.1) is 0 Å². The van der Waals surface area contributed by atoms with Crippen molar-refractivity contribution in [3.8, 4) is 5.75 Å². The molecule has 8 heteroatoms. The molecule has 0 fully saturated rings. The molecule has 0 aromatic heterocycles. The lowest BCUT2D eigenvalue weighted by molar-refractivity contribution is -0.122. The molecule has 0 heterocycles. The minimum atomic E-state index is -3.81. The SMILES string of the molecule is CC[C@H](Oc1ccc(C)cc1)C(=O)Nc1ccc(S(=O)(=O)Nc2cc(Cl)ccc2C)cc1. The van der Waals surface area contributed by atoms with Gasteiger partial charge >= 0.3 is 0 Å². The van der Waals surface area contributed by atoms with Crippen molar-refractivity contribution in [3.63, 3.8) is 0 Å². The topological polar surface area (TPSA) is 84.5 Å². The number of benzene rings is 3. The summed E-state index contributed by atoms with van der Waals surface area (Å²) in [6.45, 7) is 5.62. The van der Waals surface area contributed by atoms with Crippen molar-refractivity contribution in [3.05, 3.63) is 82.9 Å². The fourth-order valence-electron chi connectivity index (χ4n) is 2.95. The van der Waals surface area contributed by atoms with Crippen molar-refractivity contribution in [2.24, 2.45) is 0 Å². The molecule has 6 nitrogen and oxygen atoms in total. The molecule has 1 atom stereocenters. The maximum Gasteiger partial charge on any atom is 0.265 e. The van der Waals surface area contributed by atoms with Crippen molar-refractivity contribution in [2.75, 3.05) is 10.0 Å². The van der Waals surface area contributed by atoms with Crippen molar-refractivity contribution in [1.29, 1.82) is 0 Å². The third-order valence-corrected chi connectivity index (χ3v) is 6.46. The number of hydrogen-bond acceptors (Lipinski definition) is 4. The second-order valence-corrected chi connectivity index (χ2v) is 9.53. The van der Waals surface area contributed by atoms with Crippen molar-refractivity contribution >= 4 is 38.9 Å². The van der Waals surface area contributed by atoms with Crippen LogP contribution < -0.4 is 14.8 Å². The van der Waals surface area contributed by atoms with Crippen molar-refractivity contribution < 1.29 is 17.9 Å². The van der Waals surface area contributed by atoms with E-state index in [0.29, 0.717) is 28.6 Å². The first kappa shape index (κ1) is 23.6. The molecule has 3 rings (SSSR count). The number of amides is 1. The number of anilines is 2. The molecule has 1 amide bonds. The number of rotatable bonds is 8. The van der Waals surface area contributed by atoms with Gasteiger partial charge < -0.3 is 10.1 Å². The summed E-state index contributed by atoms with van der Waals surface area (Å²) in [5.74, 6) is 0.304. The maximum atomic E-state index is 12.7. The molecule has 0 saturated carbocycles. The zero-order valence-corrected chi connectivity index (χ0v) is 19.6. The lowest BCUT2D eigenvalue weighted by Gasteiger charge is -2.17. The summed E-state index contributed by atoms with van der Waals surface area (Å²) in [4.78, 5) is 12.7. The standard InChI is InChI=1S/C24H25ClN2O4S/c1-4-23(31-20-11-5-16(2)6-12-20)24(28)26-19-9-13-21(14-10-19)32(29,30)27-22-15-18(25)8-7-17(22)3/h5-15,23,27H,4H2,1-3H3,(H,26,28)/t23-/m0/s1. The molecular formula is C24H25ClN2O4S. The van der Waals surface area contributed by atoms with Gasteiger partial charge in [0.2, 0.25) is 0 Å². The largest absolute Gasteiger partial charge is 0.481 e. The maximum absolute atomic E-state index is 12.7. The molecule has 0 bridgehead atoms. The van der Waals surface area contributed by atoms with Gasteiger partial charge in [-0.05, 0) is 74.4 Å². The molecule has 0 radical (unpaired) electrons. The number of hydrogen-bond donors (Lipinski definition) is 2. The molecule has 2 N–H and O–H groups in total. The highest BCUT2D eigenvalue weighted by atomic mass is 35.5. The Labute approximate surface area is 193 Å². The first-order valence-electron chi connectivity index (χ1n) is 10.1. The predicted molar refractivity (Wildman–Crippen MR) is 128 cm³/mol. The van der Waals surface area contributed by atoms with Crippen LogP contribution in [0.15, 0.2) is 71.6 Å². The van der Waals surface area contributed by atoms with E-state index in [0.717, 1.165) is 11.1 Å². The number of aryl methyl sites for hydroxylation is 2. The van der Waals surface area contributed by atoms with Gasteiger partial charge in [0.05, 0.1) is 10.6 Å². The summed E-state index contributed by atoms with van der Waals surface area (Å²) in [5, 5.41) is 3.21. The predicted octanol–water partition coefficient (Wildman–Crippen LogP) is 5.55. The number of ether oxygens (including phenoxy) is 1. The normalized spacial score (nSPS) is 12.1. The number of halogens is 1. The van der Waals surface area contributed by atoms with Gasteiger partial charge in [-0.2, -0.15) is 0 Å². The molecule has 0 unspecified atom stereocenters. The zero-order valence-electron chi connectivity index (χ0n) is 18.1. The number of carbonyl (C=O) groups is 1. The van der Waals surface area contributed by atoms with Gasteiger partial charge in [-0.3, -0.25) is 9.52 Å². The highest BCUT2D eigenvalue weighted by Crippen LogP contribution is 2.24. The summed E-state index contributed by atoms with van der Waals surface area (Å²) in [7, 11) is -3.81.